The largest absolute Gasteiger partial charge is 0.483 e. The summed E-state index contributed by atoms with van der Waals surface area (Å²) in [5, 5.41) is 15.0. The molecule has 1 amide bonds. The van der Waals surface area contributed by atoms with Gasteiger partial charge in [0, 0.05) is 32.4 Å². The normalized spacial score (nSPS) is 14.2. The van der Waals surface area contributed by atoms with Crippen LogP contribution < -0.4 is 15.2 Å². The van der Waals surface area contributed by atoms with E-state index in [4.69, 9.17) is 14.7 Å². The molecule has 0 spiro atoms. The number of amides is 1. The summed E-state index contributed by atoms with van der Waals surface area (Å²) < 4.78 is 11.6. The first-order valence-electron chi connectivity index (χ1n) is 10.5. The molecule has 10 nitrogen and oxygen atoms in total. The Hall–Kier alpha value is -3.45. The maximum absolute atomic E-state index is 12.5. The van der Waals surface area contributed by atoms with Crippen molar-refractivity contribution < 1.29 is 14.3 Å². The minimum absolute atomic E-state index is 0.0470. The third-order valence-corrected chi connectivity index (χ3v) is 5.19. The Labute approximate surface area is 186 Å². The number of anilines is 1. The Bertz CT molecular complexity index is 1020. The molecule has 1 N–H and O–H groups in total. The zero-order valence-corrected chi connectivity index (χ0v) is 18.6. The fourth-order valence-corrected chi connectivity index (χ4v) is 3.33. The second-order valence-electron chi connectivity index (χ2n) is 8.24. The Morgan fingerprint density at radius 3 is 2.66 bits per heavy atom. The quantitative estimate of drug-likeness (QED) is 0.608. The monoisotopic (exact) mass is 440 g/mol. The summed E-state index contributed by atoms with van der Waals surface area (Å²) in [6.07, 6.45) is 3.31. The van der Waals surface area contributed by atoms with Crippen LogP contribution in [0.5, 0.6) is 5.75 Å². The Morgan fingerprint density at radius 1 is 1.25 bits per heavy atom. The molecule has 170 valence electrons. The van der Waals surface area contributed by atoms with Crippen LogP contribution in [0.3, 0.4) is 0 Å². The number of hydrogen-bond donors (Lipinski definition) is 1. The fourth-order valence-electron chi connectivity index (χ4n) is 3.33. The van der Waals surface area contributed by atoms with E-state index in [0.717, 1.165) is 5.82 Å². The van der Waals surface area contributed by atoms with Crippen LogP contribution in [0.4, 0.5) is 5.82 Å². The molecule has 3 heterocycles. The summed E-state index contributed by atoms with van der Waals surface area (Å²) in [5.74, 6) is 1.27. The van der Waals surface area contributed by atoms with Gasteiger partial charge >= 0.3 is 0 Å². The number of carbonyl (C=O) groups excluding carboxylic acids is 1. The van der Waals surface area contributed by atoms with E-state index < -0.39 is 5.60 Å². The summed E-state index contributed by atoms with van der Waals surface area (Å²) in [6.45, 7) is 8.54. The molecule has 10 heteroatoms. The third-order valence-electron chi connectivity index (χ3n) is 5.19. The van der Waals surface area contributed by atoms with Gasteiger partial charge in [0.05, 0.1) is 37.0 Å². The fraction of sp³-hybridized carbons (Fsp3) is 0.500. The summed E-state index contributed by atoms with van der Waals surface area (Å²) in [7, 11) is 0. The summed E-state index contributed by atoms with van der Waals surface area (Å²) in [5.41, 5.74) is 0.0158. The minimum Gasteiger partial charge on any atom is -0.483 e. The molecule has 1 aliphatic rings. The molecule has 3 rings (SSSR count). The number of rotatable bonds is 8. The van der Waals surface area contributed by atoms with Gasteiger partial charge in [-0.25, -0.2) is 10.1 Å². The number of aromatic nitrogens is 3. The highest BCUT2D eigenvalue weighted by Gasteiger charge is 2.24. The van der Waals surface area contributed by atoms with Crippen molar-refractivity contribution in [3.05, 3.63) is 46.0 Å². The van der Waals surface area contributed by atoms with Gasteiger partial charge in [0.15, 0.2) is 0 Å². The van der Waals surface area contributed by atoms with E-state index in [1.807, 2.05) is 24.8 Å². The number of nitriles is 1. The molecule has 2 aromatic heterocycles. The van der Waals surface area contributed by atoms with Crippen LogP contribution in [-0.2, 0) is 9.53 Å². The third kappa shape index (κ3) is 6.04. The zero-order valence-electron chi connectivity index (χ0n) is 18.6. The Kier molecular flexibility index (Phi) is 7.43. The maximum atomic E-state index is 12.5. The SMILES string of the molecule is Cc1c(OC(C)(C)COCCC(=O)N2CCN(c3ccc(C#N)cn3)CC2)cn[nH]c1=O. The predicted octanol–water partition coefficient (Wildman–Crippen LogP) is 1.26. The Morgan fingerprint density at radius 2 is 2.00 bits per heavy atom. The summed E-state index contributed by atoms with van der Waals surface area (Å²) in [6, 6.07) is 5.64. The van der Waals surface area contributed by atoms with E-state index in [1.165, 1.54) is 6.20 Å². The van der Waals surface area contributed by atoms with E-state index in [-0.39, 0.29) is 31.1 Å². The first-order valence-corrected chi connectivity index (χ1v) is 10.5. The van der Waals surface area contributed by atoms with Gasteiger partial charge in [0.25, 0.3) is 5.56 Å². The highest BCUT2D eigenvalue weighted by molar-refractivity contribution is 5.76. The second kappa shape index (κ2) is 10.2. The molecule has 0 aromatic carbocycles. The zero-order chi connectivity index (χ0) is 23.1. The van der Waals surface area contributed by atoms with Crippen molar-refractivity contribution in [3.63, 3.8) is 0 Å². The van der Waals surface area contributed by atoms with E-state index >= 15 is 0 Å². The van der Waals surface area contributed by atoms with Gasteiger partial charge in [-0.3, -0.25) is 9.59 Å². The van der Waals surface area contributed by atoms with Gasteiger partial charge in [0.1, 0.15) is 23.2 Å². The van der Waals surface area contributed by atoms with E-state index in [2.05, 4.69) is 26.2 Å². The lowest BCUT2D eigenvalue weighted by Crippen LogP contribution is -2.49. The van der Waals surface area contributed by atoms with Crippen molar-refractivity contribution in [2.24, 2.45) is 0 Å². The van der Waals surface area contributed by atoms with Gasteiger partial charge in [-0.2, -0.15) is 10.4 Å². The van der Waals surface area contributed by atoms with Gasteiger partial charge in [0.2, 0.25) is 5.91 Å². The number of ether oxygens (including phenoxy) is 2. The molecule has 1 fully saturated rings. The maximum Gasteiger partial charge on any atom is 0.270 e. The Balaban J connectivity index is 1.39. The van der Waals surface area contributed by atoms with Crippen molar-refractivity contribution in [3.8, 4) is 11.8 Å². The predicted molar refractivity (Wildman–Crippen MR) is 117 cm³/mol. The molecule has 0 bridgehead atoms. The second-order valence-corrected chi connectivity index (χ2v) is 8.24. The molecule has 0 radical (unpaired) electrons. The van der Waals surface area contributed by atoms with Crippen LogP contribution in [0.1, 0.15) is 31.4 Å². The topological polar surface area (TPSA) is 124 Å². The van der Waals surface area contributed by atoms with Crippen LogP contribution in [0.15, 0.2) is 29.3 Å². The number of nitrogens with zero attached hydrogens (tertiary/aromatic N) is 5. The molecule has 0 atom stereocenters. The summed E-state index contributed by atoms with van der Waals surface area (Å²) >= 11 is 0. The number of nitrogens with one attached hydrogen (secondary N) is 1. The van der Waals surface area contributed by atoms with Crippen LogP contribution in [0.25, 0.3) is 0 Å². The number of H-pyrrole nitrogens is 1. The van der Waals surface area contributed by atoms with E-state index in [1.54, 1.807) is 19.2 Å². The average molecular weight is 441 g/mol. The number of hydrogen-bond acceptors (Lipinski definition) is 8. The lowest BCUT2D eigenvalue weighted by Gasteiger charge is -2.35. The van der Waals surface area contributed by atoms with Crippen molar-refractivity contribution in [1.82, 2.24) is 20.1 Å². The van der Waals surface area contributed by atoms with Gasteiger partial charge < -0.3 is 19.3 Å². The van der Waals surface area contributed by atoms with Crippen molar-refractivity contribution in [2.45, 2.75) is 32.8 Å². The standard InChI is InChI=1S/C22H28N6O4/c1-16-18(14-25-26-21(16)30)32-22(2,3)15-31-11-6-20(29)28-9-7-27(8-10-28)19-5-4-17(12-23)13-24-19/h4-5,13-14H,6-11,15H2,1-3H3,(H,26,30). The first kappa shape index (κ1) is 23.2. The van der Waals surface area contributed by atoms with E-state index in [0.29, 0.717) is 43.1 Å². The number of carbonyl (C=O) groups is 1. The number of pyridine rings is 1. The van der Waals surface area contributed by atoms with Crippen molar-refractivity contribution in [2.75, 3.05) is 44.3 Å². The number of aromatic amines is 1. The molecule has 1 saturated heterocycles. The lowest BCUT2D eigenvalue weighted by molar-refractivity contribution is -0.133. The van der Waals surface area contributed by atoms with E-state index in [9.17, 15) is 9.59 Å². The van der Waals surface area contributed by atoms with Crippen LogP contribution in [-0.4, -0.2) is 71.0 Å². The molecule has 32 heavy (non-hydrogen) atoms. The number of piperazine rings is 1. The van der Waals surface area contributed by atoms with Crippen LogP contribution in [0, 0.1) is 18.3 Å². The van der Waals surface area contributed by atoms with Crippen molar-refractivity contribution in [1.29, 1.82) is 5.26 Å². The molecular weight excluding hydrogens is 412 g/mol. The van der Waals surface area contributed by atoms with Crippen LogP contribution >= 0.6 is 0 Å². The molecular formula is C22H28N6O4. The highest BCUT2D eigenvalue weighted by Crippen LogP contribution is 2.19. The average Bonchev–Trinajstić information content (AvgIpc) is 2.80. The summed E-state index contributed by atoms with van der Waals surface area (Å²) in [4.78, 5) is 32.4. The molecule has 0 unspecified atom stereocenters. The molecule has 0 saturated carbocycles. The molecule has 1 aliphatic heterocycles. The van der Waals surface area contributed by atoms with Crippen LogP contribution in [0.2, 0.25) is 0 Å². The van der Waals surface area contributed by atoms with Crippen molar-refractivity contribution >= 4 is 11.7 Å². The lowest BCUT2D eigenvalue weighted by atomic mass is 10.1. The highest BCUT2D eigenvalue weighted by atomic mass is 16.5. The minimum atomic E-state index is -0.678. The smallest absolute Gasteiger partial charge is 0.270 e. The van der Waals surface area contributed by atoms with Gasteiger partial charge in [-0.05, 0) is 32.9 Å². The van der Waals surface area contributed by atoms with Gasteiger partial charge in [-0.15, -0.1) is 0 Å². The van der Waals surface area contributed by atoms with Gasteiger partial charge in [-0.1, -0.05) is 0 Å². The molecule has 2 aromatic rings. The first-order chi connectivity index (χ1) is 15.3. The molecule has 0 aliphatic carbocycles.